The van der Waals surface area contributed by atoms with Gasteiger partial charge in [0, 0.05) is 28.9 Å². The molecule has 122 valence electrons. The largest absolute Gasteiger partial charge is 0.292 e. The maximum absolute atomic E-state index is 13.0. The maximum Gasteiger partial charge on any atom is 0.184 e. The molecule has 0 aliphatic rings. The van der Waals surface area contributed by atoms with Crippen LogP contribution in [0.5, 0.6) is 0 Å². The molecular formula is C19H13FN4O. The molecule has 25 heavy (non-hydrogen) atoms. The number of rotatable bonds is 4. The Balaban J connectivity index is 1.62. The Bertz CT molecular complexity index is 1050. The lowest BCUT2D eigenvalue weighted by atomic mass is 10.0. The summed E-state index contributed by atoms with van der Waals surface area (Å²) < 4.78 is 14.4. The summed E-state index contributed by atoms with van der Waals surface area (Å²) in [5.41, 5.74) is 2.05. The molecule has 0 aliphatic carbocycles. The monoisotopic (exact) mass is 332 g/mol. The number of aromatic nitrogens is 4. The minimum atomic E-state index is -0.370. The van der Waals surface area contributed by atoms with E-state index in [1.807, 2.05) is 24.3 Å². The van der Waals surface area contributed by atoms with Crippen molar-refractivity contribution in [2.75, 3.05) is 0 Å². The van der Waals surface area contributed by atoms with Crippen LogP contribution >= 0.6 is 0 Å². The van der Waals surface area contributed by atoms with Gasteiger partial charge in [-0.2, -0.15) is 0 Å². The number of carbonyl (C=O) groups excluding carboxylic acids is 1. The van der Waals surface area contributed by atoms with Crippen molar-refractivity contribution in [3.8, 4) is 11.3 Å². The Labute approximate surface area is 142 Å². The van der Waals surface area contributed by atoms with E-state index in [0.717, 1.165) is 16.3 Å². The molecule has 0 fully saturated rings. The standard InChI is InChI=1S/C19H13FN4O/c20-15-6-4-13(5-7-15)19(25)12-24-11-18(22-23-24)17-3-1-2-14-10-21-9-8-16(14)17/h1-11H,12H2. The lowest BCUT2D eigenvalue weighted by molar-refractivity contribution is 0.0967. The van der Waals surface area contributed by atoms with Crippen LogP contribution in [-0.2, 0) is 6.54 Å². The molecule has 0 amide bonds. The second-order valence-electron chi connectivity index (χ2n) is 5.63. The number of ketones is 1. The molecule has 0 saturated heterocycles. The van der Waals surface area contributed by atoms with Crippen LogP contribution in [0.2, 0.25) is 0 Å². The second-order valence-corrected chi connectivity index (χ2v) is 5.63. The van der Waals surface area contributed by atoms with Crippen LogP contribution in [0.15, 0.2) is 67.1 Å². The third kappa shape index (κ3) is 3.01. The SMILES string of the molecule is O=C(Cn1cc(-c2cccc3cnccc23)nn1)c1ccc(F)cc1. The van der Waals surface area contributed by atoms with E-state index in [4.69, 9.17) is 0 Å². The first-order chi connectivity index (χ1) is 12.2. The van der Waals surface area contributed by atoms with E-state index < -0.39 is 0 Å². The summed E-state index contributed by atoms with van der Waals surface area (Å²) in [6.45, 7) is 0.0466. The van der Waals surface area contributed by atoms with Crippen LogP contribution in [0.25, 0.3) is 22.0 Å². The van der Waals surface area contributed by atoms with E-state index in [1.54, 1.807) is 18.6 Å². The van der Waals surface area contributed by atoms with Gasteiger partial charge in [-0.25, -0.2) is 9.07 Å². The normalized spacial score (nSPS) is 10.9. The Morgan fingerprint density at radius 2 is 1.92 bits per heavy atom. The molecule has 0 spiro atoms. The van der Waals surface area contributed by atoms with Gasteiger partial charge >= 0.3 is 0 Å². The molecule has 0 unspecified atom stereocenters. The van der Waals surface area contributed by atoms with E-state index in [1.165, 1.54) is 28.9 Å². The highest BCUT2D eigenvalue weighted by molar-refractivity contribution is 5.96. The van der Waals surface area contributed by atoms with Crippen LogP contribution in [0, 0.1) is 5.82 Å². The van der Waals surface area contributed by atoms with Gasteiger partial charge in [-0.1, -0.05) is 23.4 Å². The molecule has 2 aromatic carbocycles. The van der Waals surface area contributed by atoms with Crippen LogP contribution < -0.4 is 0 Å². The number of pyridine rings is 1. The van der Waals surface area contributed by atoms with Crippen molar-refractivity contribution in [1.82, 2.24) is 20.0 Å². The van der Waals surface area contributed by atoms with Crippen molar-refractivity contribution in [2.24, 2.45) is 0 Å². The first kappa shape index (κ1) is 15.1. The van der Waals surface area contributed by atoms with Crippen molar-refractivity contribution in [1.29, 1.82) is 0 Å². The van der Waals surface area contributed by atoms with E-state index in [2.05, 4.69) is 15.3 Å². The first-order valence-electron chi connectivity index (χ1n) is 7.73. The molecule has 0 bridgehead atoms. The average molecular weight is 332 g/mol. The zero-order chi connectivity index (χ0) is 17.2. The zero-order valence-electron chi connectivity index (χ0n) is 13.1. The summed E-state index contributed by atoms with van der Waals surface area (Å²) in [4.78, 5) is 16.4. The van der Waals surface area contributed by atoms with Crippen LogP contribution in [0.3, 0.4) is 0 Å². The quantitative estimate of drug-likeness (QED) is 0.537. The first-order valence-corrected chi connectivity index (χ1v) is 7.73. The Kier molecular flexibility index (Phi) is 3.78. The van der Waals surface area contributed by atoms with Gasteiger partial charge in [0.05, 0.1) is 6.20 Å². The molecule has 4 aromatic rings. The summed E-state index contributed by atoms with van der Waals surface area (Å²) in [5, 5.41) is 10.2. The van der Waals surface area contributed by atoms with Gasteiger partial charge in [-0.15, -0.1) is 5.10 Å². The molecule has 2 aromatic heterocycles. The number of halogens is 1. The van der Waals surface area contributed by atoms with Crippen molar-refractivity contribution >= 4 is 16.6 Å². The smallest absolute Gasteiger partial charge is 0.184 e. The van der Waals surface area contributed by atoms with Gasteiger partial charge in [0.25, 0.3) is 0 Å². The predicted octanol–water partition coefficient (Wildman–Crippen LogP) is 3.52. The third-order valence-corrected chi connectivity index (χ3v) is 3.97. The fourth-order valence-electron chi connectivity index (χ4n) is 2.72. The summed E-state index contributed by atoms with van der Waals surface area (Å²) in [5.74, 6) is -0.524. The molecule has 0 N–H and O–H groups in total. The zero-order valence-corrected chi connectivity index (χ0v) is 13.1. The Morgan fingerprint density at radius 1 is 1.08 bits per heavy atom. The lowest BCUT2D eigenvalue weighted by Crippen LogP contribution is -2.11. The lowest BCUT2D eigenvalue weighted by Gasteiger charge is -2.02. The number of benzene rings is 2. The van der Waals surface area contributed by atoms with E-state index in [0.29, 0.717) is 11.3 Å². The van der Waals surface area contributed by atoms with E-state index >= 15 is 0 Å². The Morgan fingerprint density at radius 3 is 2.76 bits per heavy atom. The van der Waals surface area contributed by atoms with Crippen LogP contribution in [0.1, 0.15) is 10.4 Å². The molecule has 6 heteroatoms. The molecule has 5 nitrogen and oxygen atoms in total. The van der Waals surface area contributed by atoms with Crippen LogP contribution in [-0.4, -0.2) is 25.8 Å². The van der Waals surface area contributed by atoms with Gasteiger partial charge in [-0.05, 0) is 35.7 Å². The average Bonchev–Trinajstić information content (AvgIpc) is 3.10. The van der Waals surface area contributed by atoms with Crippen molar-refractivity contribution in [3.05, 3.63) is 78.5 Å². The van der Waals surface area contributed by atoms with Gasteiger partial charge in [-0.3, -0.25) is 9.78 Å². The van der Waals surface area contributed by atoms with Gasteiger partial charge in [0.2, 0.25) is 0 Å². The number of nitrogens with zero attached hydrogens (tertiary/aromatic N) is 4. The highest BCUT2D eigenvalue weighted by Crippen LogP contribution is 2.26. The molecule has 0 radical (unpaired) electrons. The molecule has 0 atom stereocenters. The predicted molar refractivity (Wildman–Crippen MR) is 91.5 cm³/mol. The number of carbonyl (C=O) groups is 1. The van der Waals surface area contributed by atoms with Crippen molar-refractivity contribution < 1.29 is 9.18 Å². The van der Waals surface area contributed by atoms with E-state index in [9.17, 15) is 9.18 Å². The fraction of sp³-hybridized carbons (Fsp3) is 0.0526. The maximum atomic E-state index is 13.0. The van der Waals surface area contributed by atoms with Crippen LogP contribution in [0.4, 0.5) is 4.39 Å². The fourth-order valence-corrected chi connectivity index (χ4v) is 2.72. The summed E-state index contributed by atoms with van der Waals surface area (Å²) in [7, 11) is 0. The molecule has 0 aliphatic heterocycles. The molecule has 0 saturated carbocycles. The van der Waals surface area contributed by atoms with Crippen molar-refractivity contribution in [2.45, 2.75) is 6.54 Å². The van der Waals surface area contributed by atoms with E-state index in [-0.39, 0.29) is 18.1 Å². The number of hydrogen-bond acceptors (Lipinski definition) is 4. The minimum Gasteiger partial charge on any atom is -0.292 e. The molecule has 2 heterocycles. The second kappa shape index (κ2) is 6.24. The van der Waals surface area contributed by atoms with Gasteiger partial charge in [0.15, 0.2) is 5.78 Å². The minimum absolute atomic E-state index is 0.0466. The third-order valence-electron chi connectivity index (χ3n) is 3.97. The summed E-state index contributed by atoms with van der Waals surface area (Å²) in [6, 6.07) is 13.3. The number of hydrogen-bond donors (Lipinski definition) is 0. The van der Waals surface area contributed by atoms with Gasteiger partial charge in [0.1, 0.15) is 18.1 Å². The number of Topliss-reactive ketones (excluding diaryl/α,β-unsaturated/α-hetero) is 1. The van der Waals surface area contributed by atoms with Gasteiger partial charge < -0.3 is 0 Å². The summed E-state index contributed by atoms with van der Waals surface area (Å²) in [6.07, 6.45) is 5.26. The van der Waals surface area contributed by atoms with Crippen molar-refractivity contribution in [3.63, 3.8) is 0 Å². The topological polar surface area (TPSA) is 60.7 Å². The Hall–Kier alpha value is -3.41. The molecular weight excluding hydrogens is 319 g/mol. The molecule has 4 rings (SSSR count). The highest BCUT2D eigenvalue weighted by atomic mass is 19.1. The summed E-state index contributed by atoms with van der Waals surface area (Å²) >= 11 is 0. The number of fused-ring (bicyclic) bond motifs is 1. The highest BCUT2D eigenvalue weighted by Gasteiger charge is 2.11.